The minimum Gasteiger partial charge on any atom is -0.206 e. The van der Waals surface area contributed by atoms with Crippen molar-refractivity contribution in [1.82, 2.24) is 4.31 Å². The van der Waals surface area contributed by atoms with Crippen molar-refractivity contribution < 1.29 is 21.6 Å². The topological polar surface area (TPSA) is 37.4 Å². The number of halogens is 4. The molecule has 1 heterocycles. The minimum absolute atomic E-state index is 0.0840. The van der Waals surface area contributed by atoms with Crippen LogP contribution in [0.3, 0.4) is 0 Å². The van der Waals surface area contributed by atoms with Gasteiger partial charge in [-0.15, -0.1) is 22.9 Å². The van der Waals surface area contributed by atoms with Gasteiger partial charge in [-0.05, 0) is 25.0 Å². The molecule has 0 spiro atoms. The molecular weight excluding hydrogens is 323 g/mol. The molecule has 1 aliphatic rings. The average Bonchev–Trinajstić information content (AvgIpc) is 3.00. The van der Waals surface area contributed by atoms with E-state index in [-0.39, 0.29) is 10.1 Å². The van der Waals surface area contributed by atoms with Gasteiger partial charge in [0.1, 0.15) is 10.8 Å². The summed E-state index contributed by atoms with van der Waals surface area (Å²) in [5.41, 5.74) is 0. The van der Waals surface area contributed by atoms with Crippen molar-refractivity contribution in [3.63, 3.8) is 0 Å². The highest BCUT2D eigenvalue weighted by Gasteiger charge is 2.45. The van der Waals surface area contributed by atoms with Gasteiger partial charge in [0.25, 0.3) is 10.0 Å². The molecule has 1 aromatic rings. The lowest BCUT2D eigenvalue weighted by molar-refractivity contribution is -0.136. The lowest BCUT2D eigenvalue weighted by atomic mass is 10.5. The molecule has 1 aromatic heterocycles. The number of hydrogen-bond acceptors (Lipinski definition) is 3. The normalized spacial score (nSPS) is 17.1. The Kier molecular flexibility index (Phi) is 4.15. The monoisotopic (exact) mass is 333 g/mol. The van der Waals surface area contributed by atoms with Crippen LogP contribution in [0, 0.1) is 0 Å². The SMILES string of the molecule is O=S(=O)(c1ccc(CCl)s1)N(CC(F)(F)F)C1CC1. The number of thiophene rings is 1. The molecule has 1 aliphatic carbocycles. The Morgan fingerprint density at radius 1 is 1.37 bits per heavy atom. The highest BCUT2D eigenvalue weighted by molar-refractivity contribution is 7.91. The fraction of sp³-hybridized carbons (Fsp3) is 0.600. The van der Waals surface area contributed by atoms with Gasteiger partial charge in [-0.25, -0.2) is 8.42 Å². The maximum absolute atomic E-state index is 12.5. The van der Waals surface area contributed by atoms with E-state index in [1.807, 2.05) is 0 Å². The van der Waals surface area contributed by atoms with Crippen LogP contribution in [0.4, 0.5) is 13.2 Å². The van der Waals surface area contributed by atoms with Crippen molar-refractivity contribution >= 4 is 33.0 Å². The first kappa shape index (κ1) is 15.1. The Hall–Kier alpha value is -0.310. The predicted octanol–water partition coefficient (Wildman–Crippen LogP) is 3.20. The van der Waals surface area contributed by atoms with Crippen molar-refractivity contribution in [3.05, 3.63) is 17.0 Å². The van der Waals surface area contributed by atoms with Gasteiger partial charge in [-0.2, -0.15) is 17.5 Å². The second kappa shape index (κ2) is 5.23. The van der Waals surface area contributed by atoms with Crippen LogP contribution in [-0.4, -0.2) is 31.5 Å². The quantitative estimate of drug-likeness (QED) is 0.776. The molecule has 0 N–H and O–H groups in total. The highest BCUT2D eigenvalue weighted by Crippen LogP contribution is 2.36. The summed E-state index contributed by atoms with van der Waals surface area (Å²) in [5.74, 6) is 0.142. The van der Waals surface area contributed by atoms with E-state index in [0.29, 0.717) is 22.0 Å². The van der Waals surface area contributed by atoms with Crippen molar-refractivity contribution in [2.24, 2.45) is 0 Å². The number of hydrogen-bond donors (Lipinski definition) is 0. The van der Waals surface area contributed by atoms with Crippen molar-refractivity contribution in [1.29, 1.82) is 0 Å². The number of sulfonamides is 1. The van der Waals surface area contributed by atoms with Crippen LogP contribution in [0.1, 0.15) is 17.7 Å². The molecule has 0 aliphatic heterocycles. The molecule has 19 heavy (non-hydrogen) atoms. The molecule has 0 atom stereocenters. The number of rotatable bonds is 5. The first-order valence-electron chi connectivity index (χ1n) is 5.47. The van der Waals surface area contributed by atoms with Crippen LogP contribution in [0.2, 0.25) is 0 Å². The average molecular weight is 334 g/mol. The van der Waals surface area contributed by atoms with E-state index >= 15 is 0 Å². The first-order chi connectivity index (χ1) is 8.74. The van der Waals surface area contributed by atoms with Gasteiger partial charge in [-0.1, -0.05) is 0 Å². The van der Waals surface area contributed by atoms with Gasteiger partial charge >= 0.3 is 6.18 Å². The maximum Gasteiger partial charge on any atom is 0.402 e. The molecule has 0 radical (unpaired) electrons. The van der Waals surface area contributed by atoms with Crippen molar-refractivity contribution in [3.8, 4) is 0 Å². The Morgan fingerprint density at radius 3 is 2.42 bits per heavy atom. The molecule has 108 valence electrons. The fourth-order valence-corrected chi connectivity index (χ4v) is 4.89. The zero-order chi connectivity index (χ0) is 14.3. The van der Waals surface area contributed by atoms with Gasteiger partial charge in [0.05, 0.1) is 5.88 Å². The lowest BCUT2D eigenvalue weighted by Crippen LogP contribution is -2.40. The standard InChI is InChI=1S/C10H11ClF3NO2S2/c11-5-8-3-4-9(18-8)19(16,17)15(7-1-2-7)6-10(12,13)14/h3-4,7H,1-2,5-6H2. The largest absolute Gasteiger partial charge is 0.402 e. The van der Waals surface area contributed by atoms with E-state index in [4.69, 9.17) is 11.6 Å². The van der Waals surface area contributed by atoms with Gasteiger partial charge in [0, 0.05) is 10.9 Å². The summed E-state index contributed by atoms with van der Waals surface area (Å²) in [4.78, 5) is 0.614. The summed E-state index contributed by atoms with van der Waals surface area (Å²) in [6.07, 6.45) is -3.59. The fourth-order valence-electron chi connectivity index (χ4n) is 1.63. The van der Waals surface area contributed by atoms with Crippen LogP contribution < -0.4 is 0 Å². The molecule has 0 unspecified atom stereocenters. The molecule has 0 saturated heterocycles. The Labute approximate surface area is 118 Å². The second-order valence-electron chi connectivity index (χ2n) is 4.25. The van der Waals surface area contributed by atoms with E-state index in [1.54, 1.807) is 0 Å². The third-order valence-electron chi connectivity index (χ3n) is 2.62. The van der Waals surface area contributed by atoms with Crippen LogP contribution >= 0.6 is 22.9 Å². The zero-order valence-electron chi connectivity index (χ0n) is 9.65. The molecule has 1 fully saturated rings. The highest BCUT2D eigenvalue weighted by atomic mass is 35.5. The van der Waals surface area contributed by atoms with Crippen LogP contribution in [0.15, 0.2) is 16.3 Å². The van der Waals surface area contributed by atoms with E-state index in [0.717, 1.165) is 11.3 Å². The summed E-state index contributed by atoms with van der Waals surface area (Å²) in [6, 6.07) is 2.29. The molecule has 2 rings (SSSR count). The molecule has 3 nitrogen and oxygen atoms in total. The van der Waals surface area contributed by atoms with E-state index in [2.05, 4.69) is 0 Å². The second-order valence-corrected chi connectivity index (χ2v) is 7.80. The van der Waals surface area contributed by atoms with Gasteiger partial charge in [-0.3, -0.25) is 0 Å². The molecule has 0 amide bonds. The van der Waals surface area contributed by atoms with Crippen LogP contribution in [-0.2, 0) is 15.9 Å². The van der Waals surface area contributed by atoms with Crippen LogP contribution in [0.25, 0.3) is 0 Å². The number of alkyl halides is 4. The van der Waals surface area contributed by atoms with Crippen molar-refractivity contribution in [2.45, 2.75) is 35.1 Å². The third kappa shape index (κ3) is 3.62. The summed E-state index contributed by atoms with van der Waals surface area (Å²) in [5, 5.41) is 0. The molecule has 0 bridgehead atoms. The smallest absolute Gasteiger partial charge is 0.206 e. The molecule has 9 heteroatoms. The van der Waals surface area contributed by atoms with Gasteiger partial charge in [0.15, 0.2) is 0 Å². The summed E-state index contributed by atoms with van der Waals surface area (Å²) in [6.45, 7) is -1.44. The Morgan fingerprint density at radius 2 is 2.00 bits per heavy atom. The zero-order valence-corrected chi connectivity index (χ0v) is 12.0. The van der Waals surface area contributed by atoms with Gasteiger partial charge < -0.3 is 0 Å². The van der Waals surface area contributed by atoms with Crippen molar-refractivity contribution in [2.75, 3.05) is 6.54 Å². The third-order valence-corrected chi connectivity index (χ3v) is 6.52. The molecular formula is C10H11ClF3NO2S2. The molecule has 1 saturated carbocycles. The van der Waals surface area contributed by atoms with E-state index < -0.39 is 28.8 Å². The Bertz CT molecular complexity index is 551. The minimum atomic E-state index is -4.54. The first-order valence-corrected chi connectivity index (χ1v) is 8.26. The molecule has 0 aromatic carbocycles. The lowest BCUT2D eigenvalue weighted by Gasteiger charge is -2.22. The van der Waals surface area contributed by atoms with Gasteiger partial charge in [0.2, 0.25) is 0 Å². The summed E-state index contributed by atoms with van der Waals surface area (Å²) in [7, 11) is -4.09. The van der Waals surface area contributed by atoms with E-state index in [1.165, 1.54) is 12.1 Å². The Balaban J connectivity index is 2.29. The summed E-state index contributed by atoms with van der Waals surface area (Å²) < 4.78 is 62.4. The van der Waals surface area contributed by atoms with E-state index in [9.17, 15) is 21.6 Å². The summed E-state index contributed by atoms with van der Waals surface area (Å²) >= 11 is 6.48. The number of nitrogens with zero attached hydrogens (tertiary/aromatic N) is 1. The predicted molar refractivity (Wildman–Crippen MR) is 66.8 cm³/mol. The van der Waals surface area contributed by atoms with Crippen LogP contribution in [0.5, 0.6) is 0 Å². The maximum atomic E-state index is 12.5.